The van der Waals surface area contributed by atoms with E-state index in [1.165, 1.54) is 5.39 Å². The highest BCUT2D eigenvalue weighted by Crippen LogP contribution is 2.27. The smallest absolute Gasteiger partial charge is 0.249 e. The van der Waals surface area contributed by atoms with Crippen LogP contribution in [0.3, 0.4) is 0 Å². The normalized spacial score (nSPS) is 11.0. The van der Waals surface area contributed by atoms with Crippen molar-refractivity contribution in [3.63, 3.8) is 0 Å². The highest BCUT2D eigenvalue weighted by molar-refractivity contribution is 6.06. The Morgan fingerprint density at radius 3 is 2.39 bits per heavy atom. The van der Waals surface area contributed by atoms with E-state index < -0.39 is 5.91 Å². The Bertz CT molecular complexity index is 1050. The number of rotatable bonds is 2. The van der Waals surface area contributed by atoms with Gasteiger partial charge in [0, 0.05) is 10.9 Å². The van der Waals surface area contributed by atoms with Crippen LogP contribution < -0.4 is 5.73 Å². The lowest BCUT2D eigenvalue weighted by Gasteiger charge is -2.08. The average molecular weight is 298 g/mol. The van der Waals surface area contributed by atoms with Gasteiger partial charge in [-0.1, -0.05) is 54.6 Å². The van der Waals surface area contributed by atoms with Crippen molar-refractivity contribution in [2.45, 2.75) is 0 Å². The molecule has 0 aliphatic rings. The van der Waals surface area contributed by atoms with E-state index in [4.69, 9.17) is 5.73 Å². The number of benzene rings is 3. The number of carbonyl (C=O) groups excluding carboxylic acids is 1. The maximum Gasteiger partial charge on any atom is 0.249 e. The van der Waals surface area contributed by atoms with Crippen molar-refractivity contribution in [1.82, 2.24) is 4.98 Å². The standard InChI is InChI=1S/C20H14N2O/c21-20(23)17-12-19(22-18-8-4-3-7-16(17)18)15-10-9-13-5-1-2-6-14(13)11-15/h1-12H,(H2,21,23). The van der Waals surface area contributed by atoms with Gasteiger partial charge in [0.15, 0.2) is 0 Å². The summed E-state index contributed by atoms with van der Waals surface area (Å²) in [6.07, 6.45) is 0. The number of nitrogens with two attached hydrogens (primary N) is 1. The van der Waals surface area contributed by atoms with Crippen molar-refractivity contribution in [2.24, 2.45) is 5.73 Å². The number of aromatic nitrogens is 1. The van der Waals surface area contributed by atoms with Gasteiger partial charge in [0.1, 0.15) is 0 Å². The number of para-hydroxylation sites is 1. The molecule has 0 radical (unpaired) electrons. The summed E-state index contributed by atoms with van der Waals surface area (Å²) in [4.78, 5) is 16.5. The SMILES string of the molecule is NC(=O)c1cc(-c2ccc3ccccc3c2)nc2ccccc12. The van der Waals surface area contributed by atoms with Gasteiger partial charge in [-0.3, -0.25) is 4.79 Å². The van der Waals surface area contributed by atoms with E-state index in [2.05, 4.69) is 29.2 Å². The monoisotopic (exact) mass is 298 g/mol. The molecule has 1 aromatic heterocycles. The van der Waals surface area contributed by atoms with Crippen LogP contribution in [0.5, 0.6) is 0 Å². The molecule has 4 rings (SSSR count). The minimum atomic E-state index is -0.439. The Balaban J connectivity index is 1.98. The molecule has 23 heavy (non-hydrogen) atoms. The zero-order valence-corrected chi connectivity index (χ0v) is 12.4. The van der Waals surface area contributed by atoms with E-state index in [9.17, 15) is 4.79 Å². The largest absolute Gasteiger partial charge is 0.366 e. The van der Waals surface area contributed by atoms with E-state index in [1.807, 2.05) is 42.5 Å². The molecule has 3 aromatic carbocycles. The third-order valence-corrected chi connectivity index (χ3v) is 4.03. The van der Waals surface area contributed by atoms with Crippen molar-refractivity contribution >= 4 is 27.6 Å². The molecule has 1 heterocycles. The molecule has 0 saturated heterocycles. The third kappa shape index (κ3) is 2.32. The topological polar surface area (TPSA) is 56.0 Å². The fraction of sp³-hybridized carbons (Fsp3) is 0. The number of amides is 1. The summed E-state index contributed by atoms with van der Waals surface area (Å²) in [5.74, 6) is -0.439. The molecule has 4 aromatic rings. The zero-order chi connectivity index (χ0) is 15.8. The van der Waals surface area contributed by atoms with Gasteiger partial charge in [-0.15, -0.1) is 0 Å². The fourth-order valence-electron chi connectivity index (χ4n) is 2.88. The summed E-state index contributed by atoms with van der Waals surface area (Å²) < 4.78 is 0. The van der Waals surface area contributed by atoms with E-state index in [0.717, 1.165) is 27.5 Å². The number of pyridine rings is 1. The first kappa shape index (κ1) is 13.5. The number of hydrogen-bond acceptors (Lipinski definition) is 2. The van der Waals surface area contributed by atoms with Crippen LogP contribution in [-0.2, 0) is 0 Å². The molecule has 0 fully saturated rings. The Hall–Kier alpha value is -3.20. The van der Waals surface area contributed by atoms with Crippen molar-refractivity contribution in [3.05, 3.63) is 78.4 Å². The second kappa shape index (κ2) is 5.21. The summed E-state index contributed by atoms with van der Waals surface area (Å²) in [7, 11) is 0. The first-order valence-electron chi connectivity index (χ1n) is 7.41. The third-order valence-electron chi connectivity index (χ3n) is 4.03. The molecular weight excluding hydrogens is 284 g/mol. The van der Waals surface area contributed by atoms with Crippen molar-refractivity contribution < 1.29 is 4.79 Å². The number of hydrogen-bond donors (Lipinski definition) is 1. The summed E-state index contributed by atoms with van der Waals surface area (Å²) >= 11 is 0. The Kier molecular flexibility index (Phi) is 3.05. The quantitative estimate of drug-likeness (QED) is 0.604. The second-order valence-electron chi connectivity index (χ2n) is 5.50. The molecule has 3 nitrogen and oxygen atoms in total. The van der Waals surface area contributed by atoms with Crippen LogP contribution in [0.2, 0.25) is 0 Å². The minimum absolute atomic E-state index is 0.439. The summed E-state index contributed by atoms with van der Waals surface area (Å²) in [6, 6.07) is 23.6. The summed E-state index contributed by atoms with van der Waals surface area (Å²) in [5, 5.41) is 3.09. The van der Waals surface area contributed by atoms with Crippen LogP contribution in [0.4, 0.5) is 0 Å². The lowest BCUT2D eigenvalue weighted by molar-refractivity contribution is 0.100. The van der Waals surface area contributed by atoms with Gasteiger partial charge >= 0.3 is 0 Å². The summed E-state index contributed by atoms with van der Waals surface area (Å²) in [5.41, 5.74) is 8.54. The van der Waals surface area contributed by atoms with Gasteiger partial charge in [-0.05, 0) is 29.0 Å². The predicted octanol–water partition coefficient (Wildman–Crippen LogP) is 4.15. The molecule has 0 aliphatic carbocycles. The Morgan fingerprint density at radius 1 is 0.826 bits per heavy atom. The molecular formula is C20H14N2O. The number of carbonyl (C=O) groups is 1. The maximum atomic E-state index is 11.8. The average Bonchev–Trinajstić information content (AvgIpc) is 2.60. The van der Waals surface area contributed by atoms with Crippen molar-refractivity contribution in [3.8, 4) is 11.3 Å². The molecule has 0 saturated carbocycles. The van der Waals surface area contributed by atoms with Crippen LogP contribution in [0.25, 0.3) is 32.9 Å². The van der Waals surface area contributed by atoms with E-state index in [0.29, 0.717) is 5.56 Å². The van der Waals surface area contributed by atoms with Crippen molar-refractivity contribution in [2.75, 3.05) is 0 Å². The Labute approximate surface area is 133 Å². The zero-order valence-electron chi connectivity index (χ0n) is 12.4. The van der Waals surface area contributed by atoms with Gasteiger partial charge in [-0.25, -0.2) is 4.98 Å². The Morgan fingerprint density at radius 2 is 1.57 bits per heavy atom. The molecule has 2 N–H and O–H groups in total. The highest BCUT2D eigenvalue weighted by atomic mass is 16.1. The van der Waals surface area contributed by atoms with Crippen molar-refractivity contribution in [1.29, 1.82) is 0 Å². The van der Waals surface area contributed by atoms with Gasteiger partial charge in [0.05, 0.1) is 16.8 Å². The first-order valence-corrected chi connectivity index (χ1v) is 7.41. The van der Waals surface area contributed by atoms with Crippen LogP contribution in [0.15, 0.2) is 72.8 Å². The lowest BCUT2D eigenvalue weighted by Crippen LogP contribution is -2.12. The van der Waals surface area contributed by atoms with Gasteiger partial charge in [-0.2, -0.15) is 0 Å². The van der Waals surface area contributed by atoms with Crippen LogP contribution in [0.1, 0.15) is 10.4 Å². The van der Waals surface area contributed by atoms with E-state index in [1.54, 1.807) is 6.07 Å². The molecule has 0 bridgehead atoms. The van der Waals surface area contributed by atoms with E-state index in [-0.39, 0.29) is 0 Å². The predicted molar refractivity (Wildman–Crippen MR) is 93.2 cm³/mol. The van der Waals surface area contributed by atoms with E-state index >= 15 is 0 Å². The molecule has 110 valence electrons. The van der Waals surface area contributed by atoms with Crippen LogP contribution >= 0.6 is 0 Å². The number of fused-ring (bicyclic) bond motifs is 2. The first-order chi connectivity index (χ1) is 11.2. The fourth-order valence-corrected chi connectivity index (χ4v) is 2.88. The highest BCUT2D eigenvalue weighted by Gasteiger charge is 2.11. The number of primary amides is 1. The summed E-state index contributed by atoms with van der Waals surface area (Å²) in [6.45, 7) is 0. The van der Waals surface area contributed by atoms with Gasteiger partial charge in [0.2, 0.25) is 5.91 Å². The second-order valence-corrected chi connectivity index (χ2v) is 5.50. The minimum Gasteiger partial charge on any atom is -0.366 e. The molecule has 1 amide bonds. The van der Waals surface area contributed by atoms with Gasteiger partial charge < -0.3 is 5.73 Å². The molecule has 0 unspecified atom stereocenters. The van der Waals surface area contributed by atoms with Crippen LogP contribution in [0, 0.1) is 0 Å². The van der Waals surface area contributed by atoms with Crippen LogP contribution in [-0.4, -0.2) is 10.9 Å². The molecule has 0 aliphatic heterocycles. The molecule has 0 atom stereocenters. The maximum absolute atomic E-state index is 11.8. The molecule has 0 spiro atoms. The number of nitrogens with zero attached hydrogens (tertiary/aromatic N) is 1. The molecule has 3 heteroatoms. The lowest BCUT2D eigenvalue weighted by atomic mass is 10.0. The van der Waals surface area contributed by atoms with Gasteiger partial charge in [0.25, 0.3) is 0 Å².